The van der Waals surface area contributed by atoms with Crippen molar-refractivity contribution in [3.8, 4) is 0 Å². The molecule has 0 bridgehead atoms. The van der Waals surface area contributed by atoms with E-state index in [-0.39, 0.29) is 6.61 Å². The standard InChI is InChI=1S/C23H36O8/c1-8-15(5)21(27)28-13-17-18(25)19(26)20(29-16(6)24)22(30-17)31-23(7,9-2)12-10-11-14(3)4/h8-9,11,17-20,22,25-26H,2,10,12-13H2,1,3-7H3/b15-8-/t17-,18-,19+,20-,22+,23-/m1/s1. The Morgan fingerprint density at radius 3 is 2.32 bits per heavy atom. The summed E-state index contributed by atoms with van der Waals surface area (Å²) in [6, 6.07) is 0. The first-order chi connectivity index (χ1) is 14.4. The molecule has 176 valence electrons. The van der Waals surface area contributed by atoms with Gasteiger partial charge in [-0.05, 0) is 47.5 Å². The predicted octanol–water partition coefficient (Wildman–Crippen LogP) is 2.58. The van der Waals surface area contributed by atoms with E-state index in [0.29, 0.717) is 18.4 Å². The third kappa shape index (κ3) is 8.22. The molecule has 0 radical (unpaired) electrons. The second-order valence-electron chi connectivity index (χ2n) is 8.12. The van der Waals surface area contributed by atoms with Gasteiger partial charge < -0.3 is 29.2 Å². The van der Waals surface area contributed by atoms with Crippen LogP contribution < -0.4 is 0 Å². The number of hydrogen-bond donors (Lipinski definition) is 2. The van der Waals surface area contributed by atoms with Gasteiger partial charge in [-0.15, -0.1) is 6.58 Å². The zero-order valence-electron chi connectivity index (χ0n) is 19.3. The van der Waals surface area contributed by atoms with Crippen LogP contribution in [0.5, 0.6) is 0 Å². The lowest BCUT2D eigenvalue weighted by Gasteiger charge is -2.44. The molecule has 0 aromatic heterocycles. The number of rotatable bonds is 10. The highest BCUT2D eigenvalue weighted by molar-refractivity contribution is 5.87. The molecule has 1 rings (SSSR count). The Kier molecular flexibility index (Phi) is 10.6. The van der Waals surface area contributed by atoms with Crippen molar-refractivity contribution in [2.24, 2.45) is 0 Å². The van der Waals surface area contributed by atoms with Crippen LogP contribution in [0.15, 0.2) is 36.0 Å². The zero-order chi connectivity index (χ0) is 23.8. The van der Waals surface area contributed by atoms with E-state index in [1.54, 1.807) is 32.9 Å². The van der Waals surface area contributed by atoms with E-state index in [1.165, 1.54) is 6.92 Å². The second kappa shape index (κ2) is 12.1. The van der Waals surface area contributed by atoms with Crippen molar-refractivity contribution in [1.82, 2.24) is 0 Å². The highest BCUT2D eigenvalue weighted by atomic mass is 16.7. The van der Waals surface area contributed by atoms with Crippen LogP contribution in [0.1, 0.15) is 54.4 Å². The Labute approximate surface area is 184 Å². The van der Waals surface area contributed by atoms with Crippen molar-refractivity contribution in [1.29, 1.82) is 0 Å². The van der Waals surface area contributed by atoms with Crippen molar-refractivity contribution >= 4 is 11.9 Å². The Hall–Kier alpha value is -2.00. The molecule has 1 saturated heterocycles. The van der Waals surface area contributed by atoms with Crippen LogP contribution in [-0.2, 0) is 28.5 Å². The largest absolute Gasteiger partial charge is 0.459 e. The minimum absolute atomic E-state index is 0.308. The Bertz CT molecular complexity index is 694. The Balaban J connectivity index is 3.03. The van der Waals surface area contributed by atoms with Gasteiger partial charge in [-0.2, -0.15) is 0 Å². The fourth-order valence-electron chi connectivity index (χ4n) is 2.97. The van der Waals surface area contributed by atoms with Gasteiger partial charge >= 0.3 is 11.9 Å². The number of allylic oxidation sites excluding steroid dienone is 3. The molecule has 8 heteroatoms. The molecule has 0 aromatic rings. The van der Waals surface area contributed by atoms with Gasteiger partial charge in [-0.1, -0.05) is 23.8 Å². The SMILES string of the molecule is C=C[C@](C)(CCC=C(C)C)O[C@@H]1O[C@H](COC(=O)/C(C)=C\C)[C@@H](O)[C@H](O)[C@H]1OC(C)=O. The van der Waals surface area contributed by atoms with Gasteiger partial charge in [-0.25, -0.2) is 4.79 Å². The minimum Gasteiger partial charge on any atom is -0.459 e. The number of esters is 2. The van der Waals surface area contributed by atoms with E-state index < -0.39 is 48.2 Å². The summed E-state index contributed by atoms with van der Waals surface area (Å²) in [5.74, 6) is -1.23. The maximum atomic E-state index is 11.9. The number of carbonyl (C=O) groups is 2. The first-order valence-electron chi connectivity index (χ1n) is 10.4. The van der Waals surface area contributed by atoms with Gasteiger partial charge in [0, 0.05) is 12.5 Å². The maximum absolute atomic E-state index is 11.9. The molecule has 0 amide bonds. The fourth-order valence-corrected chi connectivity index (χ4v) is 2.97. The molecular formula is C23H36O8. The van der Waals surface area contributed by atoms with E-state index in [0.717, 1.165) is 5.57 Å². The van der Waals surface area contributed by atoms with Crippen LogP contribution in [0, 0.1) is 0 Å². The number of ether oxygens (including phenoxy) is 4. The molecule has 1 aliphatic rings. The van der Waals surface area contributed by atoms with Gasteiger partial charge in [0.05, 0.1) is 5.60 Å². The molecule has 0 aromatic carbocycles. The summed E-state index contributed by atoms with van der Waals surface area (Å²) in [5.41, 5.74) is 0.699. The molecule has 1 heterocycles. The van der Waals surface area contributed by atoms with Crippen LogP contribution in [0.4, 0.5) is 0 Å². The Morgan fingerprint density at radius 2 is 1.81 bits per heavy atom. The van der Waals surface area contributed by atoms with Crippen molar-refractivity contribution in [2.75, 3.05) is 6.61 Å². The summed E-state index contributed by atoms with van der Waals surface area (Å²) < 4.78 is 22.2. The van der Waals surface area contributed by atoms with Crippen molar-refractivity contribution < 1.29 is 38.7 Å². The quantitative estimate of drug-likeness (QED) is 0.303. The van der Waals surface area contributed by atoms with Crippen molar-refractivity contribution in [3.05, 3.63) is 36.0 Å². The van der Waals surface area contributed by atoms with Crippen LogP contribution >= 0.6 is 0 Å². The summed E-state index contributed by atoms with van der Waals surface area (Å²) in [6.45, 7) is 13.8. The lowest BCUT2D eigenvalue weighted by Crippen LogP contribution is -2.61. The van der Waals surface area contributed by atoms with E-state index in [9.17, 15) is 19.8 Å². The molecule has 0 unspecified atom stereocenters. The summed E-state index contributed by atoms with van der Waals surface area (Å²) in [7, 11) is 0. The van der Waals surface area contributed by atoms with Gasteiger partial charge in [0.1, 0.15) is 24.9 Å². The molecule has 0 saturated carbocycles. The van der Waals surface area contributed by atoms with E-state index in [2.05, 4.69) is 12.7 Å². The molecule has 1 fully saturated rings. The third-order valence-corrected chi connectivity index (χ3v) is 5.09. The molecular weight excluding hydrogens is 404 g/mol. The second-order valence-corrected chi connectivity index (χ2v) is 8.12. The topological polar surface area (TPSA) is 112 Å². The number of aliphatic hydroxyl groups is 2. The number of aliphatic hydroxyl groups excluding tert-OH is 2. The molecule has 6 atom stereocenters. The zero-order valence-corrected chi connectivity index (χ0v) is 19.3. The maximum Gasteiger partial charge on any atom is 0.333 e. The van der Waals surface area contributed by atoms with E-state index in [4.69, 9.17) is 18.9 Å². The van der Waals surface area contributed by atoms with Crippen LogP contribution in [-0.4, -0.2) is 65.1 Å². The minimum atomic E-state index is -1.50. The summed E-state index contributed by atoms with van der Waals surface area (Å²) in [5, 5.41) is 21.0. The van der Waals surface area contributed by atoms with Crippen LogP contribution in [0.2, 0.25) is 0 Å². The first-order valence-corrected chi connectivity index (χ1v) is 10.4. The lowest BCUT2D eigenvalue weighted by molar-refractivity contribution is -0.322. The average Bonchev–Trinajstić information content (AvgIpc) is 2.70. The van der Waals surface area contributed by atoms with Gasteiger partial charge in [0.2, 0.25) is 0 Å². The summed E-state index contributed by atoms with van der Waals surface area (Å²) in [6.07, 6.45) is 0.0419. The fraction of sp³-hybridized carbons (Fsp3) is 0.652. The average molecular weight is 441 g/mol. The monoisotopic (exact) mass is 440 g/mol. The van der Waals surface area contributed by atoms with Crippen LogP contribution in [0.3, 0.4) is 0 Å². The van der Waals surface area contributed by atoms with E-state index in [1.807, 2.05) is 13.8 Å². The highest BCUT2D eigenvalue weighted by Crippen LogP contribution is 2.31. The molecule has 31 heavy (non-hydrogen) atoms. The third-order valence-electron chi connectivity index (χ3n) is 5.09. The van der Waals surface area contributed by atoms with Gasteiger partial charge in [0.15, 0.2) is 12.4 Å². The predicted molar refractivity (Wildman–Crippen MR) is 115 cm³/mol. The Morgan fingerprint density at radius 1 is 1.16 bits per heavy atom. The summed E-state index contributed by atoms with van der Waals surface area (Å²) >= 11 is 0. The van der Waals surface area contributed by atoms with E-state index >= 15 is 0 Å². The first kappa shape index (κ1) is 27.0. The van der Waals surface area contributed by atoms with Crippen molar-refractivity contribution in [2.45, 2.75) is 90.7 Å². The van der Waals surface area contributed by atoms with Crippen molar-refractivity contribution in [3.63, 3.8) is 0 Å². The lowest BCUT2D eigenvalue weighted by atomic mass is 9.96. The van der Waals surface area contributed by atoms with Gasteiger partial charge in [-0.3, -0.25) is 4.79 Å². The smallest absolute Gasteiger partial charge is 0.333 e. The highest BCUT2D eigenvalue weighted by Gasteiger charge is 2.49. The summed E-state index contributed by atoms with van der Waals surface area (Å²) in [4.78, 5) is 23.5. The van der Waals surface area contributed by atoms with Gasteiger partial charge in [0.25, 0.3) is 0 Å². The van der Waals surface area contributed by atoms with Crippen LogP contribution in [0.25, 0.3) is 0 Å². The molecule has 1 aliphatic heterocycles. The molecule has 0 spiro atoms. The molecule has 2 N–H and O–H groups in total. The molecule has 8 nitrogen and oxygen atoms in total. The number of carbonyl (C=O) groups excluding carboxylic acids is 2. The number of hydrogen-bond acceptors (Lipinski definition) is 8. The molecule has 0 aliphatic carbocycles. The normalized spacial score (nSPS) is 28.3.